The SMILES string of the molecule is CC(O)C(NC(=O)C(Cc1ccc(O)cc1)NC(=O)C(N)CCCN=C(N)N)C(=O)NC(CO)C(=O)O. The Labute approximate surface area is 213 Å². The number of hydrogen-bond acceptors (Lipinski definition) is 9. The highest BCUT2D eigenvalue weighted by molar-refractivity contribution is 5.94. The summed E-state index contributed by atoms with van der Waals surface area (Å²) in [7, 11) is 0. The molecule has 3 amide bonds. The normalized spacial score (nSPS) is 14.8. The molecule has 15 nitrogen and oxygen atoms in total. The highest BCUT2D eigenvalue weighted by Crippen LogP contribution is 2.12. The monoisotopic (exact) mass is 525 g/mol. The zero-order valence-electron chi connectivity index (χ0n) is 20.3. The number of nitrogens with two attached hydrogens (primary N) is 3. The van der Waals surface area contributed by atoms with E-state index in [1.165, 1.54) is 31.2 Å². The largest absolute Gasteiger partial charge is 0.508 e. The number of carbonyl (C=O) groups is 4. The number of benzene rings is 1. The van der Waals surface area contributed by atoms with Gasteiger partial charge in [0.2, 0.25) is 17.7 Å². The Hall–Kier alpha value is -3.95. The van der Waals surface area contributed by atoms with Gasteiger partial charge in [-0.25, -0.2) is 4.79 Å². The van der Waals surface area contributed by atoms with E-state index in [9.17, 15) is 29.4 Å². The van der Waals surface area contributed by atoms with Gasteiger partial charge in [0.25, 0.3) is 0 Å². The van der Waals surface area contributed by atoms with E-state index in [-0.39, 0.29) is 31.1 Å². The van der Waals surface area contributed by atoms with Crippen molar-refractivity contribution in [2.45, 2.75) is 56.5 Å². The number of phenols is 1. The van der Waals surface area contributed by atoms with Gasteiger partial charge in [-0.15, -0.1) is 0 Å². The van der Waals surface area contributed by atoms with Crippen LogP contribution in [0.1, 0.15) is 25.3 Å². The number of aliphatic hydroxyl groups excluding tert-OH is 2. The summed E-state index contributed by atoms with van der Waals surface area (Å²) in [5.74, 6) is -4.24. The number of rotatable bonds is 15. The fourth-order valence-corrected chi connectivity index (χ4v) is 3.11. The molecule has 5 atom stereocenters. The summed E-state index contributed by atoms with van der Waals surface area (Å²) in [6, 6.07) is 0.277. The second kappa shape index (κ2) is 15.2. The van der Waals surface area contributed by atoms with Crippen LogP contribution in [0.5, 0.6) is 5.75 Å². The van der Waals surface area contributed by atoms with E-state index in [1.807, 2.05) is 5.32 Å². The first-order valence-corrected chi connectivity index (χ1v) is 11.4. The minimum atomic E-state index is -1.66. The molecule has 1 rings (SSSR count). The molecule has 15 heteroatoms. The predicted octanol–water partition coefficient (Wildman–Crippen LogP) is -3.77. The number of amides is 3. The standard InChI is InChI=1S/C22H35N7O8/c1-11(31)17(20(35)28-16(10-30)21(36)37)29-19(34)15(9-12-4-6-13(32)7-5-12)27-18(33)14(23)3-2-8-26-22(24)25/h4-7,11,14-17,30-32H,2-3,8-10,23H2,1H3,(H,27,33)(H,28,35)(H,29,34)(H,36,37)(H4,24,25,26). The summed E-state index contributed by atoms with van der Waals surface area (Å²) in [4.78, 5) is 53.2. The first-order chi connectivity index (χ1) is 17.3. The average Bonchev–Trinajstić information content (AvgIpc) is 2.83. The number of carbonyl (C=O) groups excluding carboxylic acids is 3. The van der Waals surface area contributed by atoms with Gasteiger partial charge in [-0.05, 0) is 37.5 Å². The summed E-state index contributed by atoms with van der Waals surface area (Å²) in [5, 5.41) is 44.5. The van der Waals surface area contributed by atoms with Crippen LogP contribution in [0.2, 0.25) is 0 Å². The lowest BCUT2D eigenvalue weighted by Crippen LogP contribution is -2.60. The van der Waals surface area contributed by atoms with Crippen molar-refractivity contribution >= 4 is 29.7 Å². The molecule has 0 radical (unpaired) electrons. The molecule has 0 aromatic heterocycles. The van der Waals surface area contributed by atoms with Crippen LogP contribution in [0, 0.1) is 0 Å². The zero-order valence-corrected chi connectivity index (χ0v) is 20.3. The number of aromatic hydroxyl groups is 1. The van der Waals surface area contributed by atoms with E-state index in [2.05, 4.69) is 15.6 Å². The highest BCUT2D eigenvalue weighted by atomic mass is 16.4. The third-order valence-electron chi connectivity index (χ3n) is 5.17. The van der Waals surface area contributed by atoms with Gasteiger partial charge in [0.05, 0.1) is 18.8 Å². The Morgan fingerprint density at radius 3 is 2.08 bits per heavy atom. The third kappa shape index (κ3) is 11.1. The minimum Gasteiger partial charge on any atom is -0.508 e. The lowest BCUT2D eigenvalue weighted by molar-refractivity contribution is -0.144. The molecule has 0 aliphatic rings. The lowest BCUT2D eigenvalue weighted by Gasteiger charge is -2.26. The van der Waals surface area contributed by atoms with E-state index in [4.69, 9.17) is 27.4 Å². The highest BCUT2D eigenvalue weighted by Gasteiger charge is 2.32. The molecule has 0 heterocycles. The molecule has 0 aliphatic heterocycles. The van der Waals surface area contributed by atoms with Gasteiger partial charge in [0.1, 0.15) is 23.9 Å². The molecule has 0 bridgehead atoms. The molecule has 0 fully saturated rings. The van der Waals surface area contributed by atoms with Gasteiger partial charge < -0.3 is 53.6 Å². The molecule has 0 aliphatic carbocycles. The third-order valence-corrected chi connectivity index (χ3v) is 5.17. The Morgan fingerprint density at radius 2 is 1.57 bits per heavy atom. The Bertz CT molecular complexity index is 951. The van der Waals surface area contributed by atoms with Crippen LogP contribution in [0.15, 0.2) is 29.3 Å². The number of aliphatic carboxylic acids is 1. The number of nitrogens with one attached hydrogen (secondary N) is 3. The van der Waals surface area contributed by atoms with Gasteiger partial charge in [-0.2, -0.15) is 0 Å². The number of guanidine groups is 1. The van der Waals surface area contributed by atoms with Crippen LogP contribution < -0.4 is 33.2 Å². The van der Waals surface area contributed by atoms with Crippen LogP contribution in [-0.2, 0) is 25.6 Å². The second-order valence-electron chi connectivity index (χ2n) is 8.30. The first-order valence-electron chi connectivity index (χ1n) is 11.4. The summed E-state index contributed by atoms with van der Waals surface area (Å²) in [6.07, 6.45) is -0.936. The van der Waals surface area contributed by atoms with E-state index >= 15 is 0 Å². The summed E-state index contributed by atoms with van der Waals surface area (Å²) >= 11 is 0. The topological polar surface area (TPSA) is 276 Å². The molecule has 37 heavy (non-hydrogen) atoms. The van der Waals surface area contributed by atoms with Gasteiger partial charge in [-0.3, -0.25) is 19.4 Å². The molecular weight excluding hydrogens is 490 g/mol. The molecule has 0 saturated carbocycles. The van der Waals surface area contributed by atoms with Crippen LogP contribution in [0.25, 0.3) is 0 Å². The van der Waals surface area contributed by atoms with Crippen molar-refractivity contribution in [3.05, 3.63) is 29.8 Å². The molecule has 1 aromatic carbocycles. The van der Waals surface area contributed by atoms with Crippen molar-refractivity contribution in [1.82, 2.24) is 16.0 Å². The molecular formula is C22H35N7O8. The Kier molecular flexibility index (Phi) is 12.8. The quantitative estimate of drug-likeness (QED) is 0.0602. The fraction of sp³-hybridized carbons (Fsp3) is 0.500. The van der Waals surface area contributed by atoms with Crippen molar-refractivity contribution < 1.29 is 39.6 Å². The van der Waals surface area contributed by atoms with Crippen molar-refractivity contribution in [3.63, 3.8) is 0 Å². The number of nitrogens with zero attached hydrogens (tertiary/aromatic N) is 1. The molecule has 13 N–H and O–H groups in total. The van der Waals surface area contributed by atoms with E-state index in [0.29, 0.717) is 12.0 Å². The Morgan fingerprint density at radius 1 is 0.973 bits per heavy atom. The molecule has 1 aromatic rings. The minimum absolute atomic E-state index is 0.0145. The maximum Gasteiger partial charge on any atom is 0.328 e. The number of phenolic OH excluding ortho intramolecular Hbond substituents is 1. The van der Waals surface area contributed by atoms with Crippen molar-refractivity contribution in [2.24, 2.45) is 22.2 Å². The number of aliphatic hydroxyl groups is 2. The summed E-state index contributed by atoms with van der Waals surface area (Å²) in [5.41, 5.74) is 17.0. The molecule has 206 valence electrons. The van der Waals surface area contributed by atoms with Crippen molar-refractivity contribution in [2.75, 3.05) is 13.2 Å². The van der Waals surface area contributed by atoms with Gasteiger partial charge in [-0.1, -0.05) is 12.1 Å². The second-order valence-corrected chi connectivity index (χ2v) is 8.30. The number of carboxylic acid groups (broad SMARTS) is 1. The maximum absolute atomic E-state index is 13.1. The molecule has 0 saturated heterocycles. The molecule has 0 spiro atoms. The predicted molar refractivity (Wildman–Crippen MR) is 132 cm³/mol. The maximum atomic E-state index is 13.1. The Balaban J connectivity index is 3.03. The summed E-state index contributed by atoms with van der Waals surface area (Å²) < 4.78 is 0. The summed E-state index contributed by atoms with van der Waals surface area (Å²) in [6.45, 7) is 0.526. The number of carboxylic acids is 1. The van der Waals surface area contributed by atoms with E-state index in [1.54, 1.807) is 0 Å². The van der Waals surface area contributed by atoms with Crippen LogP contribution in [0.4, 0.5) is 0 Å². The fourth-order valence-electron chi connectivity index (χ4n) is 3.11. The van der Waals surface area contributed by atoms with Gasteiger partial charge >= 0.3 is 5.97 Å². The first kappa shape index (κ1) is 31.1. The van der Waals surface area contributed by atoms with Crippen LogP contribution in [-0.4, -0.2) is 93.5 Å². The van der Waals surface area contributed by atoms with Crippen molar-refractivity contribution in [1.29, 1.82) is 0 Å². The number of aliphatic imine (C=N–C) groups is 1. The molecule has 5 unspecified atom stereocenters. The lowest BCUT2D eigenvalue weighted by atomic mass is 10.0. The van der Waals surface area contributed by atoms with Gasteiger partial charge in [0, 0.05) is 13.0 Å². The zero-order chi connectivity index (χ0) is 28.1. The van der Waals surface area contributed by atoms with E-state index in [0.717, 1.165) is 0 Å². The number of hydrogen-bond donors (Lipinski definition) is 10. The average molecular weight is 526 g/mol. The van der Waals surface area contributed by atoms with Crippen LogP contribution in [0.3, 0.4) is 0 Å². The van der Waals surface area contributed by atoms with E-state index < -0.39 is 60.6 Å². The van der Waals surface area contributed by atoms with Crippen molar-refractivity contribution in [3.8, 4) is 5.75 Å². The van der Waals surface area contributed by atoms with Crippen LogP contribution >= 0.6 is 0 Å². The smallest absolute Gasteiger partial charge is 0.328 e. The van der Waals surface area contributed by atoms with Gasteiger partial charge in [0.15, 0.2) is 5.96 Å².